The number of aliphatic hydroxyl groups is 1. The molecule has 0 spiro atoms. The highest BCUT2D eigenvalue weighted by Crippen LogP contribution is 2.17. The number of nitrogens with one attached hydrogen (secondary N) is 2. The number of aliphatic hydroxyl groups excluding tert-OH is 1. The van der Waals surface area contributed by atoms with E-state index in [1.165, 1.54) is 25.7 Å². The molecule has 0 aromatic carbocycles. The first kappa shape index (κ1) is 16.8. The van der Waals surface area contributed by atoms with E-state index in [9.17, 15) is 9.90 Å². The predicted molar refractivity (Wildman–Crippen MR) is 81.5 cm³/mol. The largest absolute Gasteiger partial charge is 0.395 e. The van der Waals surface area contributed by atoms with Crippen molar-refractivity contribution in [1.82, 2.24) is 10.6 Å². The zero-order valence-corrected chi connectivity index (χ0v) is 13.0. The van der Waals surface area contributed by atoms with Crippen molar-refractivity contribution in [3.8, 4) is 0 Å². The van der Waals surface area contributed by atoms with Crippen LogP contribution < -0.4 is 10.6 Å². The molecule has 0 saturated heterocycles. The highest BCUT2D eigenvalue weighted by atomic mass is 32.2. The van der Waals surface area contributed by atoms with E-state index in [2.05, 4.69) is 10.6 Å². The van der Waals surface area contributed by atoms with Crippen LogP contribution in [0, 0.1) is 0 Å². The Labute approximate surface area is 121 Å². The Morgan fingerprint density at radius 1 is 1.32 bits per heavy atom. The van der Waals surface area contributed by atoms with Crippen LogP contribution in [0.5, 0.6) is 0 Å². The van der Waals surface area contributed by atoms with Crippen LogP contribution in [-0.2, 0) is 4.79 Å². The van der Waals surface area contributed by atoms with Crippen molar-refractivity contribution in [3.63, 3.8) is 0 Å². The molecule has 5 heteroatoms. The van der Waals surface area contributed by atoms with Gasteiger partial charge in [-0.15, -0.1) is 0 Å². The van der Waals surface area contributed by atoms with Gasteiger partial charge in [0.2, 0.25) is 5.91 Å². The van der Waals surface area contributed by atoms with E-state index >= 15 is 0 Å². The van der Waals surface area contributed by atoms with Crippen molar-refractivity contribution in [3.05, 3.63) is 0 Å². The van der Waals surface area contributed by atoms with Gasteiger partial charge in [0.1, 0.15) is 0 Å². The van der Waals surface area contributed by atoms with Gasteiger partial charge in [-0.2, -0.15) is 11.8 Å². The minimum atomic E-state index is 0.0801. The first-order chi connectivity index (χ1) is 9.17. The smallest absolute Gasteiger partial charge is 0.234 e. The summed E-state index contributed by atoms with van der Waals surface area (Å²) in [6, 6.07) is 0.501. The standard InChI is InChI=1S/C14H28N2O2S/c1-11(13(10-17)19-2)15-9-14(18)16-12-7-5-3-4-6-8-12/h11-13,15,17H,3-10H2,1-2H3,(H,16,18). The molecular formula is C14H28N2O2S. The van der Waals surface area contributed by atoms with Crippen molar-refractivity contribution >= 4 is 17.7 Å². The van der Waals surface area contributed by atoms with Crippen molar-refractivity contribution in [1.29, 1.82) is 0 Å². The maximum atomic E-state index is 11.9. The Bertz CT molecular complexity index is 252. The summed E-state index contributed by atoms with van der Waals surface area (Å²) in [5.41, 5.74) is 0. The second-order valence-corrected chi connectivity index (χ2v) is 6.46. The summed E-state index contributed by atoms with van der Waals surface area (Å²) in [5, 5.41) is 15.7. The lowest BCUT2D eigenvalue weighted by molar-refractivity contribution is -0.121. The number of amides is 1. The molecule has 1 aliphatic carbocycles. The molecule has 2 atom stereocenters. The van der Waals surface area contributed by atoms with E-state index in [0.717, 1.165) is 12.8 Å². The van der Waals surface area contributed by atoms with Gasteiger partial charge < -0.3 is 15.7 Å². The minimum Gasteiger partial charge on any atom is -0.395 e. The van der Waals surface area contributed by atoms with Gasteiger partial charge in [0.25, 0.3) is 0 Å². The third-order valence-electron chi connectivity index (χ3n) is 3.85. The average molecular weight is 288 g/mol. The van der Waals surface area contributed by atoms with Crippen LogP contribution in [0.25, 0.3) is 0 Å². The predicted octanol–water partition coefficient (Wildman–Crippen LogP) is 1.53. The Kier molecular flexibility index (Phi) is 8.50. The zero-order valence-electron chi connectivity index (χ0n) is 12.2. The molecular weight excluding hydrogens is 260 g/mol. The fourth-order valence-corrected chi connectivity index (χ4v) is 3.18. The summed E-state index contributed by atoms with van der Waals surface area (Å²) in [7, 11) is 0. The molecule has 1 fully saturated rings. The van der Waals surface area contributed by atoms with Crippen LogP contribution in [0.4, 0.5) is 0 Å². The fourth-order valence-electron chi connectivity index (χ4n) is 2.52. The first-order valence-electron chi connectivity index (χ1n) is 7.33. The van der Waals surface area contributed by atoms with Gasteiger partial charge in [-0.05, 0) is 26.0 Å². The van der Waals surface area contributed by atoms with Gasteiger partial charge in [0, 0.05) is 17.3 Å². The van der Waals surface area contributed by atoms with Gasteiger partial charge >= 0.3 is 0 Å². The normalized spacial score (nSPS) is 20.6. The maximum Gasteiger partial charge on any atom is 0.234 e. The number of rotatable bonds is 7. The van der Waals surface area contributed by atoms with Gasteiger partial charge in [0.05, 0.1) is 13.2 Å². The molecule has 0 aliphatic heterocycles. The molecule has 19 heavy (non-hydrogen) atoms. The number of hydrogen-bond donors (Lipinski definition) is 3. The minimum absolute atomic E-state index is 0.0801. The number of carbonyl (C=O) groups excluding carboxylic acids is 1. The zero-order chi connectivity index (χ0) is 14.1. The van der Waals surface area contributed by atoms with Crippen molar-refractivity contribution in [2.45, 2.75) is 62.8 Å². The summed E-state index contributed by atoms with van der Waals surface area (Å²) in [5.74, 6) is 0.0801. The number of hydrogen-bond acceptors (Lipinski definition) is 4. The molecule has 0 aromatic heterocycles. The molecule has 1 rings (SSSR count). The second-order valence-electron chi connectivity index (χ2n) is 5.38. The van der Waals surface area contributed by atoms with Crippen LogP contribution in [-0.4, -0.2) is 47.8 Å². The molecule has 0 aromatic rings. The van der Waals surface area contributed by atoms with E-state index in [-0.39, 0.29) is 23.8 Å². The van der Waals surface area contributed by atoms with E-state index < -0.39 is 0 Å². The van der Waals surface area contributed by atoms with Gasteiger partial charge in [-0.1, -0.05) is 25.7 Å². The molecule has 0 heterocycles. The van der Waals surface area contributed by atoms with Gasteiger partial charge in [-0.3, -0.25) is 4.79 Å². The molecule has 1 aliphatic rings. The summed E-state index contributed by atoms with van der Waals surface area (Å²) < 4.78 is 0. The van der Waals surface area contributed by atoms with Crippen LogP contribution in [0.2, 0.25) is 0 Å². The molecule has 112 valence electrons. The second kappa shape index (κ2) is 9.61. The molecule has 0 radical (unpaired) electrons. The lowest BCUT2D eigenvalue weighted by atomic mass is 10.1. The van der Waals surface area contributed by atoms with Crippen LogP contribution in [0.15, 0.2) is 0 Å². The first-order valence-corrected chi connectivity index (χ1v) is 8.62. The fraction of sp³-hybridized carbons (Fsp3) is 0.929. The molecule has 3 N–H and O–H groups in total. The Balaban J connectivity index is 2.22. The van der Waals surface area contributed by atoms with Crippen LogP contribution in [0.1, 0.15) is 45.4 Å². The van der Waals surface area contributed by atoms with Gasteiger partial charge in [0.15, 0.2) is 0 Å². The molecule has 2 unspecified atom stereocenters. The molecule has 1 amide bonds. The topological polar surface area (TPSA) is 61.4 Å². The van der Waals surface area contributed by atoms with E-state index in [0.29, 0.717) is 12.6 Å². The highest BCUT2D eigenvalue weighted by Gasteiger charge is 2.17. The quantitative estimate of drug-likeness (QED) is 0.622. The number of thioether (sulfide) groups is 1. The molecule has 4 nitrogen and oxygen atoms in total. The average Bonchev–Trinajstić information content (AvgIpc) is 2.66. The van der Waals surface area contributed by atoms with E-state index in [4.69, 9.17) is 0 Å². The third-order valence-corrected chi connectivity index (χ3v) is 5.01. The van der Waals surface area contributed by atoms with Crippen molar-refractivity contribution in [2.24, 2.45) is 0 Å². The summed E-state index contributed by atoms with van der Waals surface area (Å²) in [4.78, 5) is 11.9. The van der Waals surface area contributed by atoms with Crippen LogP contribution in [0.3, 0.4) is 0 Å². The summed E-state index contributed by atoms with van der Waals surface area (Å²) in [6.07, 6.45) is 9.27. The third kappa shape index (κ3) is 6.63. The van der Waals surface area contributed by atoms with Gasteiger partial charge in [-0.25, -0.2) is 0 Å². The number of carbonyl (C=O) groups is 1. The highest BCUT2D eigenvalue weighted by molar-refractivity contribution is 7.99. The Hall–Kier alpha value is -0.260. The maximum absolute atomic E-state index is 11.9. The summed E-state index contributed by atoms with van der Waals surface area (Å²) >= 11 is 1.62. The molecule has 1 saturated carbocycles. The molecule has 0 bridgehead atoms. The lowest BCUT2D eigenvalue weighted by Gasteiger charge is -2.22. The monoisotopic (exact) mass is 288 g/mol. The van der Waals surface area contributed by atoms with E-state index in [1.807, 2.05) is 13.2 Å². The van der Waals surface area contributed by atoms with Crippen molar-refractivity contribution in [2.75, 3.05) is 19.4 Å². The lowest BCUT2D eigenvalue weighted by Crippen LogP contribution is -2.45. The Morgan fingerprint density at radius 2 is 1.95 bits per heavy atom. The summed E-state index contributed by atoms with van der Waals surface area (Å²) in [6.45, 7) is 2.49. The van der Waals surface area contributed by atoms with Crippen molar-refractivity contribution < 1.29 is 9.90 Å². The van der Waals surface area contributed by atoms with Crippen LogP contribution >= 0.6 is 11.8 Å². The Morgan fingerprint density at radius 3 is 2.47 bits per heavy atom. The van der Waals surface area contributed by atoms with E-state index in [1.54, 1.807) is 11.8 Å². The SMILES string of the molecule is CSC(CO)C(C)NCC(=O)NC1CCCCCC1.